The van der Waals surface area contributed by atoms with Crippen molar-refractivity contribution in [3.63, 3.8) is 0 Å². The van der Waals surface area contributed by atoms with Gasteiger partial charge >= 0.3 is 5.97 Å². The van der Waals surface area contributed by atoms with Crippen LogP contribution < -0.4 is 5.32 Å². The highest BCUT2D eigenvalue weighted by molar-refractivity contribution is 9.10. The molecule has 8 heteroatoms. The fraction of sp³-hybridized carbons (Fsp3) is 0.0714. The van der Waals surface area contributed by atoms with Gasteiger partial charge in [0.05, 0.1) is 11.3 Å². The molecule has 1 aromatic carbocycles. The number of carbonyl (C=O) groups excluding carboxylic acids is 2. The Kier molecular flexibility index (Phi) is 5.46. The lowest BCUT2D eigenvalue weighted by Crippen LogP contribution is -2.21. The second kappa shape index (κ2) is 7.33. The molecule has 1 heterocycles. The molecular weight excluding hydrogens is 379 g/mol. The number of pyridine rings is 1. The maximum atomic E-state index is 13.5. The van der Waals surface area contributed by atoms with E-state index in [1.807, 2.05) is 0 Å². The molecule has 0 aliphatic rings. The molecule has 0 fully saturated rings. The molecule has 1 amide bonds. The van der Waals surface area contributed by atoms with Gasteiger partial charge in [0.25, 0.3) is 5.91 Å². The fourth-order valence-electron chi connectivity index (χ4n) is 1.52. The molecule has 1 aromatic heterocycles. The summed E-state index contributed by atoms with van der Waals surface area (Å²) in [5.74, 6) is -2.07. The minimum Gasteiger partial charge on any atom is -0.452 e. The van der Waals surface area contributed by atoms with Crippen molar-refractivity contribution < 1.29 is 18.7 Å². The van der Waals surface area contributed by atoms with Crippen LogP contribution in [0.15, 0.2) is 41.0 Å². The topological polar surface area (TPSA) is 68.3 Å². The third-order valence-corrected chi connectivity index (χ3v) is 3.31. The highest BCUT2D eigenvalue weighted by Crippen LogP contribution is 2.19. The van der Waals surface area contributed by atoms with Gasteiger partial charge in [0.2, 0.25) is 0 Å². The zero-order chi connectivity index (χ0) is 16.1. The summed E-state index contributed by atoms with van der Waals surface area (Å²) < 4.78 is 18.9. The Bertz CT molecular complexity index is 727. The molecule has 2 aromatic rings. The Balaban J connectivity index is 1.93. The van der Waals surface area contributed by atoms with Gasteiger partial charge in [0, 0.05) is 10.7 Å². The monoisotopic (exact) mass is 386 g/mol. The van der Waals surface area contributed by atoms with E-state index < -0.39 is 24.3 Å². The normalized spacial score (nSPS) is 10.1. The Morgan fingerprint density at radius 3 is 2.82 bits per heavy atom. The maximum absolute atomic E-state index is 13.5. The fourth-order valence-corrected chi connectivity index (χ4v) is 2.05. The Morgan fingerprint density at radius 1 is 1.36 bits per heavy atom. The molecule has 0 saturated carbocycles. The number of ether oxygens (including phenoxy) is 1. The third kappa shape index (κ3) is 4.25. The van der Waals surface area contributed by atoms with Crippen LogP contribution in [0, 0.1) is 5.82 Å². The maximum Gasteiger partial charge on any atom is 0.341 e. The van der Waals surface area contributed by atoms with E-state index in [-0.39, 0.29) is 16.4 Å². The van der Waals surface area contributed by atoms with Crippen molar-refractivity contribution in [2.24, 2.45) is 0 Å². The number of hydrogen-bond donors (Lipinski definition) is 1. The van der Waals surface area contributed by atoms with Crippen molar-refractivity contribution in [1.29, 1.82) is 0 Å². The molecule has 0 aliphatic carbocycles. The molecule has 0 spiro atoms. The van der Waals surface area contributed by atoms with Crippen LogP contribution in [0.2, 0.25) is 5.15 Å². The van der Waals surface area contributed by atoms with Gasteiger partial charge in [-0.1, -0.05) is 27.5 Å². The highest BCUT2D eigenvalue weighted by atomic mass is 79.9. The van der Waals surface area contributed by atoms with Crippen molar-refractivity contribution in [1.82, 2.24) is 4.98 Å². The van der Waals surface area contributed by atoms with Crippen molar-refractivity contribution >= 4 is 45.1 Å². The summed E-state index contributed by atoms with van der Waals surface area (Å²) in [6.07, 6.45) is 1.42. The number of amides is 1. The number of halogens is 3. The zero-order valence-electron chi connectivity index (χ0n) is 11.0. The first-order valence-electron chi connectivity index (χ1n) is 6.00. The molecule has 1 N–H and O–H groups in total. The molecule has 2 rings (SSSR count). The first-order valence-corrected chi connectivity index (χ1v) is 7.17. The average molecular weight is 388 g/mol. The van der Waals surface area contributed by atoms with Gasteiger partial charge in [-0.25, -0.2) is 14.2 Å². The second-order valence-electron chi connectivity index (χ2n) is 4.09. The lowest BCUT2D eigenvalue weighted by atomic mass is 10.3. The Labute approximate surface area is 138 Å². The molecule has 0 saturated heterocycles. The zero-order valence-corrected chi connectivity index (χ0v) is 13.3. The predicted octanol–water partition coefficient (Wildman–Crippen LogP) is 3.43. The largest absolute Gasteiger partial charge is 0.452 e. The number of rotatable bonds is 4. The van der Waals surface area contributed by atoms with Gasteiger partial charge in [-0.2, -0.15) is 0 Å². The Hall–Kier alpha value is -1.99. The minimum atomic E-state index is -0.787. The number of carbonyl (C=O) groups is 2. The van der Waals surface area contributed by atoms with Crippen LogP contribution >= 0.6 is 27.5 Å². The lowest BCUT2D eigenvalue weighted by Gasteiger charge is -2.08. The van der Waals surface area contributed by atoms with Gasteiger partial charge in [-0.05, 0) is 30.3 Å². The molecule has 0 atom stereocenters. The van der Waals surface area contributed by atoms with Crippen LogP contribution in [0.4, 0.5) is 10.1 Å². The van der Waals surface area contributed by atoms with Crippen molar-refractivity contribution in [3.05, 3.63) is 57.5 Å². The van der Waals surface area contributed by atoms with Crippen molar-refractivity contribution in [2.75, 3.05) is 11.9 Å². The number of aromatic nitrogens is 1. The van der Waals surface area contributed by atoms with Crippen LogP contribution in [0.5, 0.6) is 0 Å². The van der Waals surface area contributed by atoms with E-state index in [0.29, 0.717) is 4.47 Å². The molecular formula is C14H9BrClFN2O3. The summed E-state index contributed by atoms with van der Waals surface area (Å²) in [5, 5.41) is 2.28. The summed E-state index contributed by atoms with van der Waals surface area (Å²) >= 11 is 8.84. The quantitative estimate of drug-likeness (QED) is 0.645. The van der Waals surface area contributed by atoms with Gasteiger partial charge in [-0.15, -0.1) is 0 Å². The van der Waals surface area contributed by atoms with E-state index in [4.69, 9.17) is 16.3 Å². The van der Waals surface area contributed by atoms with Crippen LogP contribution in [-0.4, -0.2) is 23.5 Å². The number of anilines is 1. The highest BCUT2D eigenvalue weighted by Gasteiger charge is 2.15. The average Bonchev–Trinajstić information content (AvgIpc) is 2.48. The summed E-state index contributed by atoms with van der Waals surface area (Å²) in [6.45, 7) is -0.570. The number of nitrogens with one attached hydrogen (secondary N) is 1. The molecule has 0 unspecified atom stereocenters. The van der Waals surface area contributed by atoms with Crippen molar-refractivity contribution in [2.45, 2.75) is 0 Å². The third-order valence-electron chi connectivity index (χ3n) is 2.52. The molecule has 114 valence electrons. The van der Waals surface area contributed by atoms with Crippen LogP contribution in [0.1, 0.15) is 10.4 Å². The van der Waals surface area contributed by atoms with Gasteiger partial charge in [0.15, 0.2) is 6.61 Å². The molecule has 22 heavy (non-hydrogen) atoms. The van der Waals surface area contributed by atoms with Gasteiger partial charge < -0.3 is 10.1 Å². The van der Waals surface area contributed by atoms with Gasteiger partial charge in [-0.3, -0.25) is 4.79 Å². The van der Waals surface area contributed by atoms with E-state index in [1.165, 1.54) is 30.5 Å². The summed E-state index contributed by atoms with van der Waals surface area (Å²) in [5.41, 5.74) is 0.0375. The Morgan fingerprint density at radius 2 is 2.14 bits per heavy atom. The molecule has 5 nitrogen and oxygen atoms in total. The number of nitrogens with zero attached hydrogens (tertiary/aromatic N) is 1. The van der Waals surface area contributed by atoms with Crippen LogP contribution in [-0.2, 0) is 9.53 Å². The number of benzene rings is 1. The first-order chi connectivity index (χ1) is 10.5. The number of esters is 1. The van der Waals surface area contributed by atoms with Crippen LogP contribution in [0.3, 0.4) is 0 Å². The van der Waals surface area contributed by atoms with E-state index in [9.17, 15) is 14.0 Å². The van der Waals surface area contributed by atoms with E-state index in [0.717, 1.165) is 0 Å². The standard InChI is InChI=1S/C14H9BrClFN2O3/c15-8-3-4-11(10(17)6-8)19-12(20)7-22-14(21)9-2-1-5-18-13(9)16/h1-6H,7H2,(H,19,20). The van der Waals surface area contributed by atoms with E-state index in [2.05, 4.69) is 26.2 Å². The lowest BCUT2D eigenvalue weighted by molar-refractivity contribution is -0.119. The number of hydrogen-bond acceptors (Lipinski definition) is 4. The first kappa shape index (κ1) is 16.4. The summed E-state index contributed by atoms with van der Waals surface area (Å²) in [6, 6.07) is 7.10. The molecule has 0 radical (unpaired) electrons. The minimum absolute atomic E-state index is 0.0105. The van der Waals surface area contributed by atoms with Gasteiger partial charge in [0.1, 0.15) is 11.0 Å². The molecule has 0 bridgehead atoms. The molecule has 0 aliphatic heterocycles. The second-order valence-corrected chi connectivity index (χ2v) is 5.36. The predicted molar refractivity (Wildman–Crippen MR) is 82.3 cm³/mol. The van der Waals surface area contributed by atoms with E-state index in [1.54, 1.807) is 6.07 Å². The summed E-state index contributed by atoms with van der Waals surface area (Å²) in [4.78, 5) is 27.1. The van der Waals surface area contributed by atoms with Crippen LogP contribution in [0.25, 0.3) is 0 Å². The van der Waals surface area contributed by atoms with E-state index >= 15 is 0 Å². The van der Waals surface area contributed by atoms with Crippen molar-refractivity contribution in [3.8, 4) is 0 Å². The SMILES string of the molecule is O=C(COC(=O)c1cccnc1Cl)Nc1ccc(Br)cc1F. The smallest absolute Gasteiger partial charge is 0.341 e. The summed E-state index contributed by atoms with van der Waals surface area (Å²) in [7, 11) is 0.